The first-order valence-corrected chi connectivity index (χ1v) is 12.3. The van der Waals surface area contributed by atoms with Gasteiger partial charge < -0.3 is 4.43 Å². The molecule has 0 heterocycles. The molecule has 0 aromatic carbocycles. The fourth-order valence-electron chi connectivity index (χ4n) is 5.25. The van der Waals surface area contributed by atoms with Crippen molar-refractivity contribution in [2.75, 3.05) is 0 Å². The molecule has 136 valence electrons. The Morgan fingerprint density at radius 1 is 1.21 bits per heavy atom. The van der Waals surface area contributed by atoms with E-state index in [1.165, 1.54) is 29.5 Å². The van der Waals surface area contributed by atoms with Crippen molar-refractivity contribution < 1.29 is 9.22 Å². The Hall–Kier alpha value is -0.833. The zero-order valence-electron chi connectivity index (χ0n) is 16.6. The molecule has 0 amide bonds. The highest BCUT2D eigenvalue weighted by atomic mass is 28.4. The van der Waals surface area contributed by atoms with Crippen LogP contribution in [0.15, 0.2) is 24.0 Å². The van der Waals surface area contributed by atoms with Crippen LogP contribution in [0, 0.1) is 16.7 Å². The minimum Gasteiger partial charge on any atom is -0.547 e. The number of ketones is 1. The monoisotopic (exact) mass is 348 g/mol. The minimum atomic E-state index is -1.63. The standard InChI is InChI=1S/C21H36O2Si/c1-8-18-20(6,7)15-19(22)21(18)13-12-17(16(5)14-21)23-24(9-2,10-3)11-4/h8,18H,1,9-15H2,2-7H3/t18-,21-/m0/s1. The summed E-state index contributed by atoms with van der Waals surface area (Å²) >= 11 is 0. The van der Waals surface area contributed by atoms with Crippen LogP contribution < -0.4 is 0 Å². The second kappa shape index (κ2) is 6.82. The molecule has 0 unspecified atom stereocenters. The van der Waals surface area contributed by atoms with Crippen molar-refractivity contribution in [3.63, 3.8) is 0 Å². The molecular weight excluding hydrogens is 312 g/mol. The fraction of sp³-hybridized carbons (Fsp3) is 0.762. The third-order valence-corrected chi connectivity index (χ3v) is 11.5. The number of rotatable bonds is 6. The van der Waals surface area contributed by atoms with Gasteiger partial charge in [0.05, 0.1) is 5.76 Å². The van der Waals surface area contributed by atoms with Crippen LogP contribution in [-0.2, 0) is 9.22 Å². The first-order chi connectivity index (χ1) is 11.2. The number of Topliss-reactive ketones (excluding diaryl/α,β-unsaturated/α-hetero) is 1. The summed E-state index contributed by atoms with van der Waals surface area (Å²) in [5.74, 6) is 1.93. The molecule has 1 spiro atoms. The molecule has 0 aromatic rings. The fourth-order valence-corrected chi connectivity index (χ4v) is 7.98. The summed E-state index contributed by atoms with van der Waals surface area (Å²) in [6.07, 6.45) is 5.45. The number of carbonyl (C=O) groups is 1. The van der Waals surface area contributed by atoms with Crippen LogP contribution >= 0.6 is 0 Å². The van der Waals surface area contributed by atoms with Crippen molar-refractivity contribution in [1.82, 2.24) is 0 Å². The van der Waals surface area contributed by atoms with E-state index in [-0.39, 0.29) is 16.7 Å². The molecule has 0 saturated heterocycles. The number of allylic oxidation sites excluding steroid dienone is 3. The van der Waals surface area contributed by atoms with Gasteiger partial charge in [-0.1, -0.05) is 40.7 Å². The van der Waals surface area contributed by atoms with Crippen molar-refractivity contribution in [2.45, 2.75) is 85.4 Å². The van der Waals surface area contributed by atoms with E-state index < -0.39 is 8.32 Å². The zero-order chi connectivity index (χ0) is 18.2. The highest BCUT2D eigenvalue weighted by Gasteiger charge is 2.57. The van der Waals surface area contributed by atoms with Crippen LogP contribution in [-0.4, -0.2) is 14.1 Å². The summed E-state index contributed by atoms with van der Waals surface area (Å²) in [4.78, 5) is 12.9. The van der Waals surface area contributed by atoms with Gasteiger partial charge >= 0.3 is 0 Å². The SMILES string of the molecule is C=C[C@H]1C(C)(C)CC(=O)[C@]12CCC(O[Si](CC)(CC)CC)=C(C)C2. The Labute approximate surface area is 149 Å². The Morgan fingerprint density at radius 3 is 2.25 bits per heavy atom. The maximum absolute atomic E-state index is 12.9. The molecule has 0 aromatic heterocycles. The van der Waals surface area contributed by atoms with Crippen LogP contribution in [0.25, 0.3) is 0 Å². The molecule has 1 fully saturated rings. The molecular formula is C21H36O2Si. The molecule has 0 bridgehead atoms. The van der Waals surface area contributed by atoms with E-state index in [2.05, 4.69) is 48.1 Å². The second-order valence-corrected chi connectivity index (χ2v) is 13.4. The Bertz CT molecular complexity index is 534. The van der Waals surface area contributed by atoms with E-state index in [0.29, 0.717) is 12.2 Å². The van der Waals surface area contributed by atoms with Gasteiger partial charge in [0, 0.05) is 18.3 Å². The van der Waals surface area contributed by atoms with E-state index in [9.17, 15) is 4.79 Å². The van der Waals surface area contributed by atoms with Crippen LogP contribution in [0.2, 0.25) is 18.1 Å². The maximum atomic E-state index is 12.9. The molecule has 0 N–H and O–H groups in total. The van der Waals surface area contributed by atoms with Crippen LogP contribution in [0.4, 0.5) is 0 Å². The predicted octanol–water partition coefficient (Wildman–Crippen LogP) is 6.25. The molecule has 2 aliphatic carbocycles. The average molecular weight is 349 g/mol. The highest BCUT2D eigenvalue weighted by Crippen LogP contribution is 2.59. The molecule has 2 aliphatic rings. The maximum Gasteiger partial charge on any atom is 0.250 e. The third-order valence-electron chi connectivity index (χ3n) is 6.97. The Kier molecular flexibility index (Phi) is 5.54. The third kappa shape index (κ3) is 3.05. The summed E-state index contributed by atoms with van der Waals surface area (Å²) in [7, 11) is -1.63. The molecule has 2 atom stereocenters. The van der Waals surface area contributed by atoms with Crippen LogP contribution in [0.1, 0.15) is 67.2 Å². The predicted molar refractivity (Wildman–Crippen MR) is 104 cm³/mol. The van der Waals surface area contributed by atoms with E-state index in [0.717, 1.165) is 19.3 Å². The van der Waals surface area contributed by atoms with E-state index >= 15 is 0 Å². The summed E-state index contributed by atoms with van der Waals surface area (Å²) in [6.45, 7) is 17.5. The van der Waals surface area contributed by atoms with Gasteiger partial charge in [-0.2, -0.15) is 0 Å². The van der Waals surface area contributed by atoms with Gasteiger partial charge in [-0.3, -0.25) is 4.79 Å². The Balaban J connectivity index is 2.30. The topological polar surface area (TPSA) is 26.3 Å². The van der Waals surface area contributed by atoms with Crippen molar-refractivity contribution in [3.05, 3.63) is 24.0 Å². The lowest BCUT2D eigenvalue weighted by molar-refractivity contribution is -0.127. The largest absolute Gasteiger partial charge is 0.547 e. The van der Waals surface area contributed by atoms with Gasteiger partial charge in [0.1, 0.15) is 5.78 Å². The Morgan fingerprint density at radius 2 is 1.79 bits per heavy atom. The van der Waals surface area contributed by atoms with Gasteiger partial charge in [-0.05, 0) is 54.8 Å². The lowest BCUT2D eigenvalue weighted by Crippen LogP contribution is -2.40. The smallest absolute Gasteiger partial charge is 0.250 e. The number of hydrogen-bond acceptors (Lipinski definition) is 2. The summed E-state index contributed by atoms with van der Waals surface area (Å²) < 4.78 is 6.68. The van der Waals surface area contributed by atoms with E-state index in [4.69, 9.17) is 4.43 Å². The molecule has 2 rings (SSSR count). The van der Waals surface area contributed by atoms with E-state index in [1.807, 2.05) is 6.08 Å². The van der Waals surface area contributed by atoms with Gasteiger partial charge in [0.25, 0.3) is 0 Å². The first-order valence-electron chi connectivity index (χ1n) is 9.73. The van der Waals surface area contributed by atoms with Gasteiger partial charge in [0.2, 0.25) is 8.32 Å². The van der Waals surface area contributed by atoms with Gasteiger partial charge in [-0.15, -0.1) is 6.58 Å². The van der Waals surface area contributed by atoms with Gasteiger partial charge in [-0.25, -0.2) is 0 Å². The quantitative estimate of drug-likeness (QED) is 0.418. The van der Waals surface area contributed by atoms with Crippen molar-refractivity contribution >= 4 is 14.1 Å². The lowest BCUT2D eigenvalue weighted by atomic mass is 9.63. The summed E-state index contributed by atoms with van der Waals surface area (Å²) in [6, 6.07) is 3.51. The molecule has 0 aliphatic heterocycles. The number of carbonyl (C=O) groups excluding carboxylic acids is 1. The molecule has 3 heteroatoms. The van der Waals surface area contributed by atoms with Crippen LogP contribution in [0.3, 0.4) is 0 Å². The van der Waals surface area contributed by atoms with Crippen molar-refractivity contribution in [3.8, 4) is 0 Å². The van der Waals surface area contributed by atoms with Crippen LogP contribution in [0.5, 0.6) is 0 Å². The van der Waals surface area contributed by atoms with Crippen molar-refractivity contribution in [2.24, 2.45) is 16.7 Å². The summed E-state index contributed by atoms with van der Waals surface area (Å²) in [5.41, 5.74) is 1.12. The second-order valence-electron chi connectivity index (χ2n) is 8.68. The van der Waals surface area contributed by atoms with E-state index in [1.54, 1.807) is 0 Å². The lowest BCUT2D eigenvalue weighted by Gasteiger charge is -2.42. The highest BCUT2D eigenvalue weighted by molar-refractivity contribution is 6.73. The molecule has 1 saturated carbocycles. The average Bonchev–Trinajstić information content (AvgIpc) is 2.72. The van der Waals surface area contributed by atoms with Gasteiger partial charge in [0.15, 0.2) is 0 Å². The first kappa shape index (κ1) is 19.5. The molecule has 0 radical (unpaired) electrons. The molecule has 2 nitrogen and oxygen atoms in total. The summed E-state index contributed by atoms with van der Waals surface area (Å²) in [5, 5.41) is 0. The zero-order valence-corrected chi connectivity index (χ0v) is 17.6. The molecule has 24 heavy (non-hydrogen) atoms. The normalized spacial score (nSPS) is 30.1. The van der Waals surface area contributed by atoms with Crippen molar-refractivity contribution in [1.29, 1.82) is 0 Å². The number of hydrogen-bond donors (Lipinski definition) is 0. The minimum absolute atomic E-state index is 0.0340.